The minimum atomic E-state index is -0.300. The molecular weight excluding hydrogens is 480 g/mol. The van der Waals surface area contributed by atoms with Crippen LogP contribution in [0.5, 0.6) is 0 Å². The van der Waals surface area contributed by atoms with Crippen LogP contribution in [0.4, 0.5) is 0 Å². The van der Waals surface area contributed by atoms with Crippen LogP contribution in [0.15, 0.2) is 55.1 Å². The number of carbonyl (C=O) groups is 2. The van der Waals surface area contributed by atoms with Crippen molar-refractivity contribution >= 4 is 11.8 Å². The van der Waals surface area contributed by atoms with E-state index in [0.717, 1.165) is 41.8 Å². The second-order valence-corrected chi connectivity index (χ2v) is 9.74. The van der Waals surface area contributed by atoms with Crippen LogP contribution in [0.2, 0.25) is 0 Å². The van der Waals surface area contributed by atoms with Gasteiger partial charge >= 0.3 is 0 Å². The topological polar surface area (TPSA) is 123 Å². The minimum Gasteiger partial charge on any atom is -0.359 e. The predicted octanol–water partition coefficient (Wildman–Crippen LogP) is 4.42. The maximum atomic E-state index is 13.1. The summed E-state index contributed by atoms with van der Waals surface area (Å²) in [6.45, 7) is 4.03. The Hall–Kier alpha value is -4.21. The molecule has 1 aromatic carbocycles. The lowest BCUT2D eigenvalue weighted by atomic mass is 10.1. The fourth-order valence-electron chi connectivity index (χ4n) is 4.24. The number of nitrogens with one attached hydrogen (secondary N) is 3. The summed E-state index contributed by atoms with van der Waals surface area (Å²) in [5.74, 6) is 0.552. The summed E-state index contributed by atoms with van der Waals surface area (Å²) in [6, 6.07) is 10.0. The van der Waals surface area contributed by atoms with E-state index >= 15 is 0 Å². The molecule has 4 aromatic rings. The molecule has 3 heterocycles. The van der Waals surface area contributed by atoms with Gasteiger partial charge in [-0.25, -0.2) is 4.98 Å². The molecule has 0 saturated heterocycles. The van der Waals surface area contributed by atoms with E-state index in [-0.39, 0.29) is 23.9 Å². The molecule has 0 saturated carbocycles. The first-order chi connectivity index (χ1) is 18.3. The highest BCUT2D eigenvalue weighted by molar-refractivity contribution is 5.93. The molecule has 0 unspecified atom stereocenters. The Labute approximate surface area is 222 Å². The molecule has 0 spiro atoms. The average Bonchev–Trinajstić information content (AvgIpc) is 3.69. The van der Waals surface area contributed by atoms with Gasteiger partial charge in [0, 0.05) is 44.5 Å². The number of hydrogen-bond acceptors (Lipinski definition) is 5. The van der Waals surface area contributed by atoms with Gasteiger partial charge in [0.1, 0.15) is 5.82 Å². The van der Waals surface area contributed by atoms with E-state index in [9.17, 15) is 9.59 Å². The van der Waals surface area contributed by atoms with Gasteiger partial charge in [-0.1, -0.05) is 37.1 Å². The summed E-state index contributed by atoms with van der Waals surface area (Å²) in [5, 5.41) is 14.5. The SMILES string of the molecule is CNC(=O)CCCCC[C@H](NC(=O)c1cnn(C(C)C)c1)c1ncc(-c2ccc(-c3ccn(C)n3)cc2)[nH]1. The van der Waals surface area contributed by atoms with Crippen LogP contribution in [0, 0.1) is 0 Å². The van der Waals surface area contributed by atoms with Crippen molar-refractivity contribution in [3.05, 3.63) is 66.5 Å². The second kappa shape index (κ2) is 12.4. The highest BCUT2D eigenvalue weighted by atomic mass is 16.2. The van der Waals surface area contributed by atoms with E-state index in [4.69, 9.17) is 0 Å². The number of aromatic nitrogens is 6. The first kappa shape index (κ1) is 26.8. The summed E-state index contributed by atoms with van der Waals surface area (Å²) >= 11 is 0. The van der Waals surface area contributed by atoms with Crippen molar-refractivity contribution in [2.75, 3.05) is 7.05 Å². The van der Waals surface area contributed by atoms with Crippen molar-refractivity contribution in [1.82, 2.24) is 40.2 Å². The molecule has 0 bridgehead atoms. The highest BCUT2D eigenvalue weighted by Gasteiger charge is 2.20. The average molecular weight is 517 g/mol. The zero-order chi connectivity index (χ0) is 27.1. The van der Waals surface area contributed by atoms with Crippen molar-refractivity contribution < 1.29 is 9.59 Å². The van der Waals surface area contributed by atoms with Gasteiger partial charge in [-0.05, 0) is 38.3 Å². The molecule has 4 rings (SSSR count). The van der Waals surface area contributed by atoms with Crippen LogP contribution in [0.25, 0.3) is 22.5 Å². The lowest BCUT2D eigenvalue weighted by Gasteiger charge is -2.16. The van der Waals surface area contributed by atoms with E-state index in [1.54, 1.807) is 35.0 Å². The molecule has 200 valence electrons. The van der Waals surface area contributed by atoms with Crippen LogP contribution < -0.4 is 10.6 Å². The standard InChI is InChI=1S/C28H36N8O2/c1-19(2)36-18-22(16-31-36)28(38)33-24(8-6-5-7-9-26(37)29-3)27-30-17-25(32-27)21-12-10-20(11-13-21)23-14-15-35(4)34-23/h10-19,24H,5-9H2,1-4H3,(H,29,37)(H,30,32)(H,33,38)/t24-/m0/s1. The minimum absolute atomic E-state index is 0.0433. The third-order valence-corrected chi connectivity index (χ3v) is 6.50. The van der Waals surface area contributed by atoms with Crippen LogP contribution in [0.1, 0.15) is 74.2 Å². The molecule has 3 aromatic heterocycles. The number of nitrogens with zero attached hydrogens (tertiary/aromatic N) is 5. The number of benzene rings is 1. The van der Waals surface area contributed by atoms with Crippen molar-refractivity contribution in [2.24, 2.45) is 7.05 Å². The molecule has 38 heavy (non-hydrogen) atoms. The Kier molecular flexibility index (Phi) is 8.73. The summed E-state index contributed by atoms with van der Waals surface area (Å²) in [4.78, 5) is 32.6. The number of carbonyl (C=O) groups excluding carboxylic acids is 2. The van der Waals surface area contributed by atoms with E-state index in [1.807, 2.05) is 57.4 Å². The zero-order valence-corrected chi connectivity index (χ0v) is 22.4. The van der Waals surface area contributed by atoms with E-state index < -0.39 is 0 Å². The maximum absolute atomic E-state index is 13.1. The number of rotatable bonds is 12. The van der Waals surface area contributed by atoms with Gasteiger partial charge < -0.3 is 15.6 Å². The van der Waals surface area contributed by atoms with Crippen LogP contribution in [0.3, 0.4) is 0 Å². The summed E-state index contributed by atoms with van der Waals surface area (Å²) in [5.41, 5.74) is 4.35. The molecule has 0 fully saturated rings. The van der Waals surface area contributed by atoms with Gasteiger partial charge in [-0.3, -0.25) is 19.0 Å². The third-order valence-electron chi connectivity index (χ3n) is 6.50. The third kappa shape index (κ3) is 6.76. The Morgan fingerprint density at radius 1 is 1.03 bits per heavy atom. The van der Waals surface area contributed by atoms with Gasteiger partial charge in [-0.2, -0.15) is 10.2 Å². The first-order valence-corrected chi connectivity index (χ1v) is 13.0. The summed E-state index contributed by atoms with van der Waals surface area (Å²) in [7, 11) is 3.55. The Bertz CT molecular complexity index is 1350. The number of aromatic amines is 1. The van der Waals surface area contributed by atoms with Crippen LogP contribution in [-0.4, -0.2) is 48.4 Å². The molecule has 0 radical (unpaired) electrons. The summed E-state index contributed by atoms with van der Waals surface area (Å²) < 4.78 is 3.55. The molecule has 10 nitrogen and oxygen atoms in total. The van der Waals surface area contributed by atoms with Crippen LogP contribution in [-0.2, 0) is 11.8 Å². The number of hydrogen-bond donors (Lipinski definition) is 3. The monoisotopic (exact) mass is 516 g/mol. The second-order valence-electron chi connectivity index (χ2n) is 9.74. The fourth-order valence-corrected chi connectivity index (χ4v) is 4.24. The molecular formula is C28H36N8O2. The van der Waals surface area contributed by atoms with Crippen molar-refractivity contribution in [2.45, 2.75) is 58.0 Å². The molecule has 0 aliphatic heterocycles. The quantitative estimate of drug-likeness (QED) is 0.241. The number of amides is 2. The van der Waals surface area contributed by atoms with Gasteiger partial charge in [0.05, 0.1) is 35.4 Å². The predicted molar refractivity (Wildman–Crippen MR) is 146 cm³/mol. The number of unbranched alkanes of at least 4 members (excludes halogenated alkanes) is 2. The molecule has 3 N–H and O–H groups in total. The van der Waals surface area contributed by atoms with E-state index in [1.165, 1.54) is 0 Å². The number of imidazole rings is 1. The molecule has 1 atom stereocenters. The largest absolute Gasteiger partial charge is 0.359 e. The van der Waals surface area contributed by atoms with Crippen molar-refractivity contribution in [3.8, 4) is 22.5 Å². The normalized spacial score (nSPS) is 12.0. The number of H-pyrrole nitrogens is 1. The molecule has 0 aliphatic rings. The lowest BCUT2D eigenvalue weighted by Crippen LogP contribution is -2.29. The Morgan fingerprint density at radius 2 is 1.79 bits per heavy atom. The first-order valence-electron chi connectivity index (χ1n) is 13.0. The smallest absolute Gasteiger partial charge is 0.255 e. The Morgan fingerprint density at radius 3 is 2.45 bits per heavy atom. The number of aryl methyl sites for hydroxylation is 1. The zero-order valence-electron chi connectivity index (χ0n) is 22.4. The van der Waals surface area contributed by atoms with Crippen molar-refractivity contribution in [3.63, 3.8) is 0 Å². The Balaban J connectivity index is 1.47. The summed E-state index contributed by atoms with van der Waals surface area (Å²) in [6.07, 6.45) is 10.8. The van der Waals surface area contributed by atoms with Gasteiger partial charge in [0.15, 0.2) is 0 Å². The van der Waals surface area contributed by atoms with Crippen molar-refractivity contribution in [1.29, 1.82) is 0 Å². The van der Waals surface area contributed by atoms with E-state index in [0.29, 0.717) is 24.2 Å². The van der Waals surface area contributed by atoms with Gasteiger partial charge in [0.2, 0.25) is 5.91 Å². The molecule has 2 amide bonds. The molecule has 0 aliphatic carbocycles. The lowest BCUT2D eigenvalue weighted by molar-refractivity contribution is -0.120. The molecule has 10 heteroatoms. The van der Waals surface area contributed by atoms with Gasteiger partial charge in [-0.15, -0.1) is 0 Å². The maximum Gasteiger partial charge on any atom is 0.255 e. The highest BCUT2D eigenvalue weighted by Crippen LogP contribution is 2.25. The van der Waals surface area contributed by atoms with Gasteiger partial charge in [0.25, 0.3) is 5.91 Å². The van der Waals surface area contributed by atoms with Crippen LogP contribution >= 0.6 is 0 Å². The fraction of sp³-hybridized carbons (Fsp3) is 0.393. The van der Waals surface area contributed by atoms with E-state index in [2.05, 4.69) is 30.8 Å².